The summed E-state index contributed by atoms with van der Waals surface area (Å²) in [5.41, 5.74) is 3.90. The molecule has 0 unspecified atom stereocenters. The van der Waals surface area contributed by atoms with Crippen LogP contribution in [-0.4, -0.2) is 12.6 Å². The molecule has 0 aliphatic carbocycles. The first-order valence-corrected chi connectivity index (χ1v) is 6.24. The van der Waals surface area contributed by atoms with Gasteiger partial charge in [-0.1, -0.05) is 54.1 Å². The van der Waals surface area contributed by atoms with Crippen LogP contribution in [0.3, 0.4) is 0 Å². The molecule has 0 aromatic heterocycles. The summed E-state index contributed by atoms with van der Waals surface area (Å²) in [7, 11) is 0. The Kier molecular flexibility index (Phi) is 5.11. The van der Waals surface area contributed by atoms with Gasteiger partial charge in [0.1, 0.15) is 5.75 Å². The summed E-state index contributed by atoms with van der Waals surface area (Å²) in [5.74, 6) is 5.14. The monoisotopic (exact) mass is 272 g/mol. The third kappa shape index (κ3) is 3.81. The summed E-state index contributed by atoms with van der Waals surface area (Å²) < 4.78 is 5.64. The minimum atomic E-state index is -0.468. The van der Waals surface area contributed by atoms with E-state index >= 15 is 0 Å². The number of benzene rings is 2. The minimum Gasteiger partial charge on any atom is -0.492 e. The Balaban J connectivity index is 2.04. The second-order valence-corrected chi connectivity index (χ2v) is 4.05. The van der Waals surface area contributed by atoms with Gasteiger partial charge in [-0.2, -0.15) is 0 Å². The summed E-state index contributed by atoms with van der Waals surface area (Å²) in [6.07, 6.45) is 0.118. The quantitative estimate of drug-likeness (QED) is 0.622. The maximum Gasteiger partial charge on any atom is 0.329 e. The van der Waals surface area contributed by atoms with Crippen molar-refractivity contribution in [1.82, 2.24) is 5.59 Å². The number of para-hydroxylation sites is 1. The summed E-state index contributed by atoms with van der Waals surface area (Å²) >= 11 is 0. The van der Waals surface area contributed by atoms with Crippen molar-refractivity contribution in [2.24, 2.45) is 5.84 Å². The van der Waals surface area contributed by atoms with Crippen molar-refractivity contribution in [2.75, 3.05) is 6.61 Å². The van der Waals surface area contributed by atoms with E-state index in [2.05, 4.69) is 4.84 Å². The topological polar surface area (TPSA) is 73.6 Å². The molecular weight excluding hydrogens is 256 g/mol. The zero-order valence-corrected chi connectivity index (χ0v) is 10.9. The summed E-state index contributed by atoms with van der Waals surface area (Å²) in [6, 6.07) is 17.6. The molecule has 0 atom stereocenters. The third-order valence-corrected chi connectivity index (χ3v) is 2.71. The molecule has 0 aliphatic heterocycles. The van der Waals surface area contributed by atoms with Gasteiger partial charge in [0.05, 0.1) is 13.0 Å². The highest BCUT2D eigenvalue weighted by Crippen LogP contribution is 2.29. The van der Waals surface area contributed by atoms with Gasteiger partial charge in [0.2, 0.25) is 0 Å². The first-order chi connectivity index (χ1) is 9.81. The average Bonchev–Trinajstić information content (AvgIpc) is 2.49. The normalized spacial score (nSPS) is 10.1. The SMILES string of the molecule is NNOC(=O)CCOc1ccccc1-c1ccccc1. The summed E-state index contributed by atoms with van der Waals surface area (Å²) in [6.45, 7) is 0.227. The van der Waals surface area contributed by atoms with Crippen LogP contribution in [0, 0.1) is 0 Å². The molecule has 0 fully saturated rings. The molecule has 0 heterocycles. The molecular formula is C15H16N2O3. The number of hydrogen-bond donors (Lipinski definition) is 2. The van der Waals surface area contributed by atoms with E-state index in [0.29, 0.717) is 0 Å². The molecule has 5 heteroatoms. The molecule has 0 spiro atoms. The van der Waals surface area contributed by atoms with E-state index in [4.69, 9.17) is 10.6 Å². The molecule has 2 aromatic rings. The van der Waals surface area contributed by atoms with Crippen LogP contribution >= 0.6 is 0 Å². The summed E-state index contributed by atoms with van der Waals surface area (Å²) in [4.78, 5) is 15.5. The largest absolute Gasteiger partial charge is 0.492 e. The predicted molar refractivity (Wildman–Crippen MR) is 75.4 cm³/mol. The van der Waals surface area contributed by atoms with Crippen LogP contribution in [0.2, 0.25) is 0 Å². The lowest BCUT2D eigenvalue weighted by Gasteiger charge is -2.11. The van der Waals surface area contributed by atoms with Crippen LogP contribution < -0.4 is 16.2 Å². The third-order valence-electron chi connectivity index (χ3n) is 2.71. The van der Waals surface area contributed by atoms with Crippen LogP contribution in [0.15, 0.2) is 54.6 Å². The Bertz CT molecular complexity index is 558. The Labute approximate surface area is 117 Å². The van der Waals surface area contributed by atoms with Gasteiger partial charge in [-0.3, -0.25) is 4.79 Å². The van der Waals surface area contributed by atoms with E-state index in [1.807, 2.05) is 60.2 Å². The molecule has 0 aliphatic rings. The van der Waals surface area contributed by atoms with Gasteiger partial charge in [0.15, 0.2) is 0 Å². The van der Waals surface area contributed by atoms with E-state index in [1.165, 1.54) is 0 Å². The van der Waals surface area contributed by atoms with Gasteiger partial charge in [-0.25, -0.2) is 5.84 Å². The minimum absolute atomic E-state index is 0.118. The summed E-state index contributed by atoms with van der Waals surface area (Å²) in [5, 5.41) is 0. The van der Waals surface area contributed by atoms with Crippen LogP contribution in [0.4, 0.5) is 0 Å². The molecule has 20 heavy (non-hydrogen) atoms. The number of rotatable bonds is 6. The number of nitrogens with one attached hydrogen (secondary N) is 1. The lowest BCUT2D eigenvalue weighted by atomic mass is 10.1. The molecule has 0 bridgehead atoms. The van der Waals surface area contributed by atoms with Crippen LogP contribution in [-0.2, 0) is 9.63 Å². The van der Waals surface area contributed by atoms with Crippen molar-refractivity contribution in [3.63, 3.8) is 0 Å². The number of carbonyl (C=O) groups is 1. The van der Waals surface area contributed by atoms with E-state index in [9.17, 15) is 4.79 Å². The first-order valence-electron chi connectivity index (χ1n) is 6.24. The maximum absolute atomic E-state index is 11.1. The first kappa shape index (κ1) is 14.0. The zero-order valence-electron chi connectivity index (χ0n) is 10.9. The second-order valence-electron chi connectivity index (χ2n) is 4.05. The Morgan fingerprint density at radius 1 is 1.05 bits per heavy atom. The number of ether oxygens (including phenoxy) is 1. The van der Waals surface area contributed by atoms with Crippen molar-refractivity contribution < 1.29 is 14.4 Å². The lowest BCUT2D eigenvalue weighted by molar-refractivity contribution is -0.151. The standard InChI is InChI=1S/C15H16N2O3/c16-17-20-15(18)10-11-19-14-9-5-4-8-13(14)12-6-2-1-3-7-12/h1-9,17H,10-11,16H2. The van der Waals surface area contributed by atoms with Crippen molar-refractivity contribution in [1.29, 1.82) is 0 Å². The van der Waals surface area contributed by atoms with Gasteiger partial charge in [0, 0.05) is 5.56 Å². The van der Waals surface area contributed by atoms with Gasteiger partial charge in [-0.05, 0) is 11.6 Å². The van der Waals surface area contributed by atoms with Gasteiger partial charge < -0.3 is 9.57 Å². The van der Waals surface area contributed by atoms with Crippen LogP contribution in [0.25, 0.3) is 11.1 Å². The Morgan fingerprint density at radius 3 is 2.50 bits per heavy atom. The van der Waals surface area contributed by atoms with E-state index in [1.54, 1.807) is 0 Å². The highest BCUT2D eigenvalue weighted by molar-refractivity contribution is 5.71. The van der Waals surface area contributed by atoms with Crippen molar-refractivity contribution in [2.45, 2.75) is 6.42 Å². The molecule has 0 radical (unpaired) electrons. The molecule has 2 aromatic carbocycles. The predicted octanol–water partition coefficient (Wildman–Crippen LogP) is 2.04. The Hall–Kier alpha value is -2.37. The molecule has 3 N–H and O–H groups in total. The fourth-order valence-electron chi connectivity index (χ4n) is 1.81. The molecule has 2 rings (SSSR count). The van der Waals surface area contributed by atoms with Gasteiger partial charge >= 0.3 is 5.97 Å². The van der Waals surface area contributed by atoms with Crippen molar-refractivity contribution in [3.8, 4) is 16.9 Å². The van der Waals surface area contributed by atoms with Gasteiger partial charge in [-0.15, -0.1) is 0 Å². The number of hydrogen-bond acceptors (Lipinski definition) is 5. The lowest BCUT2D eigenvalue weighted by Crippen LogP contribution is -2.26. The van der Waals surface area contributed by atoms with Crippen molar-refractivity contribution in [3.05, 3.63) is 54.6 Å². The highest BCUT2D eigenvalue weighted by atomic mass is 16.7. The van der Waals surface area contributed by atoms with Crippen molar-refractivity contribution >= 4 is 5.97 Å². The molecule has 0 amide bonds. The van der Waals surface area contributed by atoms with E-state index in [0.717, 1.165) is 16.9 Å². The van der Waals surface area contributed by atoms with E-state index < -0.39 is 5.97 Å². The molecule has 0 saturated heterocycles. The van der Waals surface area contributed by atoms with Gasteiger partial charge in [0.25, 0.3) is 0 Å². The van der Waals surface area contributed by atoms with Crippen LogP contribution in [0.5, 0.6) is 5.75 Å². The number of hydrazine groups is 1. The molecule has 0 saturated carbocycles. The second kappa shape index (κ2) is 7.28. The molecule has 5 nitrogen and oxygen atoms in total. The zero-order chi connectivity index (χ0) is 14.2. The maximum atomic E-state index is 11.1. The van der Waals surface area contributed by atoms with Crippen LogP contribution in [0.1, 0.15) is 6.42 Å². The molecule has 104 valence electrons. The highest BCUT2D eigenvalue weighted by Gasteiger charge is 2.07. The van der Waals surface area contributed by atoms with E-state index in [-0.39, 0.29) is 13.0 Å². The fraction of sp³-hybridized carbons (Fsp3) is 0.133. The Morgan fingerprint density at radius 2 is 1.75 bits per heavy atom. The fourth-order valence-corrected chi connectivity index (χ4v) is 1.81. The average molecular weight is 272 g/mol. The smallest absolute Gasteiger partial charge is 0.329 e. The number of nitrogens with two attached hydrogens (primary N) is 1. The number of carbonyl (C=O) groups excluding carboxylic acids is 1.